The van der Waals surface area contributed by atoms with Gasteiger partial charge in [0, 0.05) is 12.6 Å². The van der Waals surface area contributed by atoms with Gasteiger partial charge >= 0.3 is 0 Å². The zero-order valence-corrected chi connectivity index (χ0v) is 17.3. The van der Waals surface area contributed by atoms with E-state index in [0.717, 1.165) is 6.42 Å². The van der Waals surface area contributed by atoms with Crippen molar-refractivity contribution in [3.63, 3.8) is 0 Å². The Hall–Kier alpha value is -0.600. The second-order valence-electron chi connectivity index (χ2n) is 5.93. The molecule has 23 heavy (non-hydrogen) atoms. The van der Waals surface area contributed by atoms with E-state index in [9.17, 15) is 0 Å². The van der Waals surface area contributed by atoms with Crippen LogP contribution in [0, 0.1) is 0 Å². The molecule has 0 rings (SSSR count). The van der Waals surface area contributed by atoms with Crippen molar-refractivity contribution < 1.29 is 0 Å². The summed E-state index contributed by atoms with van der Waals surface area (Å²) in [6.45, 7) is 20.4. The van der Waals surface area contributed by atoms with E-state index < -0.39 is 0 Å². The van der Waals surface area contributed by atoms with Gasteiger partial charge in [0.15, 0.2) is 0 Å². The number of allylic oxidation sites excluding steroid dienone is 2. The van der Waals surface area contributed by atoms with Crippen LogP contribution < -0.4 is 11.5 Å². The molecule has 1 atom stereocenters. The van der Waals surface area contributed by atoms with E-state index in [4.69, 9.17) is 11.5 Å². The van der Waals surface area contributed by atoms with Crippen LogP contribution in [0.1, 0.15) is 99.3 Å². The number of nitrogens with two attached hydrogens (primary N) is 2. The topological polar surface area (TPSA) is 52.0 Å². The fraction of sp³-hybridized carbons (Fsp3) is 0.810. The minimum Gasteiger partial charge on any atom is -0.329 e. The van der Waals surface area contributed by atoms with Gasteiger partial charge in [-0.1, -0.05) is 77.9 Å². The summed E-state index contributed by atoms with van der Waals surface area (Å²) in [5.74, 6) is 0. The second kappa shape index (κ2) is 33.1. The van der Waals surface area contributed by atoms with E-state index in [2.05, 4.69) is 40.9 Å². The zero-order valence-electron chi connectivity index (χ0n) is 17.3. The molecule has 0 aromatic heterocycles. The molecule has 0 aliphatic heterocycles. The maximum Gasteiger partial charge on any atom is 0.0160 e. The molecule has 142 valence electrons. The first kappa shape index (κ1) is 30.3. The van der Waals surface area contributed by atoms with E-state index in [1.807, 2.05) is 13.8 Å². The Bertz CT molecular complexity index is 192. The average Bonchev–Trinajstić information content (AvgIpc) is 2.54. The summed E-state index contributed by atoms with van der Waals surface area (Å²) in [5, 5.41) is 0. The standard InChI is InChI=1S/C7H14.C7H16.C4H12N2.C3H6/c1-4-5-6-7(2)3;1-3-5-7-6-4-2;1-2-4(6)3-5;1-3-2/h2,4-6H2,1,3H3;3-7H2,1-2H3;4H,2-3,5-6H2,1H3;3H,1H2,2H3. The molecule has 2 heteroatoms. The van der Waals surface area contributed by atoms with Crippen LogP contribution in [-0.2, 0) is 0 Å². The van der Waals surface area contributed by atoms with Gasteiger partial charge in [-0.25, -0.2) is 0 Å². The third kappa shape index (κ3) is 62.0. The van der Waals surface area contributed by atoms with Gasteiger partial charge in [-0.05, 0) is 33.1 Å². The number of unbranched alkanes of at least 4 members (excludes halogenated alkanes) is 5. The third-order valence-electron chi connectivity index (χ3n) is 2.99. The SMILES string of the molecule is C=C(C)CCCC.C=CC.CCC(N)CN.CCCCCCC. The van der Waals surface area contributed by atoms with Crippen molar-refractivity contribution in [1.29, 1.82) is 0 Å². The Labute approximate surface area is 148 Å². The van der Waals surface area contributed by atoms with Crippen LogP contribution in [0.4, 0.5) is 0 Å². The van der Waals surface area contributed by atoms with Crippen LogP contribution in [0.25, 0.3) is 0 Å². The van der Waals surface area contributed by atoms with E-state index in [1.54, 1.807) is 6.08 Å². The first-order valence-corrected chi connectivity index (χ1v) is 9.58. The van der Waals surface area contributed by atoms with Crippen LogP contribution in [0.3, 0.4) is 0 Å². The van der Waals surface area contributed by atoms with Crippen molar-refractivity contribution in [2.24, 2.45) is 11.5 Å². The summed E-state index contributed by atoms with van der Waals surface area (Å²) >= 11 is 0. The van der Waals surface area contributed by atoms with Gasteiger partial charge in [0.25, 0.3) is 0 Å². The summed E-state index contributed by atoms with van der Waals surface area (Å²) in [7, 11) is 0. The minimum absolute atomic E-state index is 0.213. The molecule has 0 spiro atoms. The lowest BCUT2D eigenvalue weighted by Crippen LogP contribution is -2.28. The highest BCUT2D eigenvalue weighted by molar-refractivity contribution is 4.86. The lowest BCUT2D eigenvalue weighted by atomic mass is 10.2. The molecule has 0 fully saturated rings. The van der Waals surface area contributed by atoms with Crippen LogP contribution in [0.15, 0.2) is 24.8 Å². The van der Waals surface area contributed by atoms with Crippen molar-refractivity contribution in [3.8, 4) is 0 Å². The van der Waals surface area contributed by atoms with Gasteiger partial charge in [-0.3, -0.25) is 0 Å². The molecule has 0 heterocycles. The molecule has 0 aromatic carbocycles. The molecule has 0 aliphatic carbocycles. The van der Waals surface area contributed by atoms with Crippen LogP contribution in [0.2, 0.25) is 0 Å². The van der Waals surface area contributed by atoms with Crippen molar-refractivity contribution >= 4 is 0 Å². The van der Waals surface area contributed by atoms with Gasteiger partial charge < -0.3 is 11.5 Å². The van der Waals surface area contributed by atoms with Crippen molar-refractivity contribution in [2.75, 3.05) is 6.54 Å². The Morgan fingerprint density at radius 1 is 0.957 bits per heavy atom. The Kier molecular flexibility index (Phi) is 43.6. The summed E-state index contributed by atoms with van der Waals surface area (Å²) in [5.41, 5.74) is 11.8. The highest BCUT2D eigenvalue weighted by Gasteiger charge is 1.89. The molecule has 0 radical (unpaired) electrons. The van der Waals surface area contributed by atoms with Crippen LogP contribution >= 0.6 is 0 Å². The molecule has 2 nitrogen and oxygen atoms in total. The molecular weight excluding hydrogens is 280 g/mol. The Morgan fingerprint density at radius 3 is 1.48 bits per heavy atom. The van der Waals surface area contributed by atoms with E-state index in [0.29, 0.717) is 6.54 Å². The lowest BCUT2D eigenvalue weighted by Gasteiger charge is -1.99. The number of hydrogen-bond acceptors (Lipinski definition) is 2. The first-order chi connectivity index (χ1) is 10.9. The maximum atomic E-state index is 5.35. The molecule has 0 saturated carbocycles. The van der Waals surface area contributed by atoms with E-state index >= 15 is 0 Å². The smallest absolute Gasteiger partial charge is 0.0160 e. The summed E-state index contributed by atoms with van der Waals surface area (Å²) in [6.07, 6.45) is 13.5. The van der Waals surface area contributed by atoms with Crippen molar-refractivity contribution in [3.05, 3.63) is 24.8 Å². The molecule has 0 saturated heterocycles. The monoisotopic (exact) mass is 328 g/mol. The van der Waals surface area contributed by atoms with Gasteiger partial charge in [-0.15, -0.1) is 13.2 Å². The predicted octanol–water partition coefficient (Wildman–Crippen LogP) is 6.60. The number of hydrogen-bond donors (Lipinski definition) is 2. The lowest BCUT2D eigenvalue weighted by molar-refractivity contribution is 0.656. The Balaban J connectivity index is -0.000000109. The average molecular weight is 329 g/mol. The summed E-state index contributed by atoms with van der Waals surface area (Å²) < 4.78 is 0. The molecule has 0 amide bonds. The number of rotatable bonds is 9. The predicted molar refractivity (Wildman–Crippen MR) is 112 cm³/mol. The highest BCUT2D eigenvalue weighted by Crippen LogP contribution is 2.01. The molecule has 0 bridgehead atoms. The third-order valence-corrected chi connectivity index (χ3v) is 2.99. The molecular formula is C21H48N2. The van der Waals surface area contributed by atoms with Gasteiger partial charge in [-0.2, -0.15) is 0 Å². The molecule has 1 unspecified atom stereocenters. The van der Waals surface area contributed by atoms with E-state index in [-0.39, 0.29) is 6.04 Å². The second-order valence-corrected chi connectivity index (χ2v) is 5.93. The summed E-state index contributed by atoms with van der Waals surface area (Å²) in [4.78, 5) is 0. The molecule has 0 aromatic rings. The normalized spacial score (nSPS) is 9.91. The van der Waals surface area contributed by atoms with E-state index in [1.165, 1.54) is 56.9 Å². The Morgan fingerprint density at radius 2 is 1.35 bits per heavy atom. The highest BCUT2D eigenvalue weighted by atomic mass is 14.7. The summed E-state index contributed by atoms with van der Waals surface area (Å²) in [6, 6.07) is 0.213. The fourth-order valence-corrected chi connectivity index (χ4v) is 1.32. The van der Waals surface area contributed by atoms with Crippen molar-refractivity contribution in [1.82, 2.24) is 0 Å². The van der Waals surface area contributed by atoms with Crippen LogP contribution in [0.5, 0.6) is 0 Å². The maximum absolute atomic E-state index is 5.35. The molecule has 4 N–H and O–H groups in total. The first-order valence-electron chi connectivity index (χ1n) is 9.58. The minimum atomic E-state index is 0.213. The quantitative estimate of drug-likeness (QED) is 0.370. The van der Waals surface area contributed by atoms with Gasteiger partial charge in [0.2, 0.25) is 0 Å². The largest absolute Gasteiger partial charge is 0.329 e. The zero-order chi connectivity index (χ0) is 18.9. The van der Waals surface area contributed by atoms with Crippen molar-refractivity contribution in [2.45, 2.75) is 105 Å². The fourth-order valence-electron chi connectivity index (χ4n) is 1.32. The van der Waals surface area contributed by atoms with Crippen LogP contribution in [-0.4, -0.2) is 12.6 Å². The van der Waals surface area contributed by atoms with Gasteiger partial charge in [0.1, 0.15) is 0 Å². The molecule has 0 aliphatic rings. The van der Waals surface area contributed by atoms with Gasteiger partial charge in [0.05, 0.1) is 0 Å².